The minimum atomic E-state index is -0.188. The first-order chi connectivity index (χ1) is 9.75. The molecule has 2 amide bonds. The van der Waals surface area contributed by atoms with Crippen molar-refractivity contribution in [3.05, 3.63) is 35.9 Å². The molecule has 0 radical (unpaired) electrons. The number of hydrogen-bond donors (Lipinski definition) is 1. The van der Waals surface area contributed by atoms with E-state index in [9.17, 15) is 4.79 Å². The highest BCUT2D eigenvalue weighted by atomic mass is 32.2. The van der Waals surface area contributed by atoms with Gasteiger partial charge in [0.2, 0.25) is 0 Å². The molecule has 1 saturated heterocycles. The highest BCUT2D eigenvalue weighted by Gasteiger charge is 2.39. The Labute approximate surface area is 123 Å². The first-order valence-electron chi connectivity index (χ1n) is 7.02. The van der Waals surface area contributed by atoms with Crippen LogP contribution in [0.4, 0.5) is 4.79 Å². The monoisotopic (exact) mass is 289 g/mol. The van der Waals surface area contributed by atoms with E-state index in [1.54, 1.807) is 0 Å². The van der Waals surface area contributed by atoms with Gasteiger partial charge in [-0.15, -0.1) is 0 Å². The zero-order valence-electron chi connectivity index (χ0n) is 11.4. The Morgan fingerprint density at radius 3 is 2.85 bits per heavy atom. The molecule has 5 heteroatoms. The normalized spacial score (nSPS) is 26.7. The number of thioether (sulfide) groups is 1. The van der Waals surface area contributed by atoms with Crippen LogP contribution in [0.5, 0.6) is 0 Å². The first-order valence-corrected chi connectivity index (χ1v) is 8.17. The lowest BCUT2D eigenvalue weighted by atomic mass is 9.94. The summed E-state index contributed by atoms with van der Waals surface area (Å²) in [6.07, 6.45) is 2.33. The minimum absolute atomic E-state index is 0.0180. The van der Waals surface area contributed by atoms with E-state index in [0.717, 1.165) is 17.7 Å². The van der Waals surface area contributed by atoms with Crippen molar-refractivity contribution >= 4 is 23.6 Å². The molecule has 2 heterocycles. The van der Waals surface area contributed by atoms with Gasteiger partial charge in [0.05, 0.1) is 6.04 Å². The largest absolute Gasteiger partial charge is 0.385 e. The third-order valence-corrected chi connectivity index (χ3v) is 5.19. The number of amidine groups is 1. The summed E-state index contributed by atoms with van der Waals surface area (Å²) in [5, 5.41) is 0. The standard InChI is InChI=1S/C15H19N3OS/c16-14-13(12-7-4-8-20-10-12)18(15(19)17-14)9-11-5-2-1-3-6-11/h1-3,5-6,12-13H,4,7-10H2,(H2,16,17,19). The summed E-state index contributed by atoms with van der Waals surface area (Å²) in [7, 11) is 0. The summed E-state index contributed by atoms with van der Waals surface area (Å²) < 4.78 is 0. The van der Waals surface area contributed by atoms with Crippen molar-refractivity contribution in [1.29, 1.82) is 0 Å². The fourth-order valence-corrected chi connectivity index (χ4v) is 4.17. The van der Waals surface area contributed by atoms with Crippen LogP contribution in [0.3, 0.4) is 0 Å². The lowest BCUT2D eigenvalue weighted by Crippen LogP contribution is -2.46. The lowest BCUT2D eigenvalue weighted by molar-refractivity contribution is 0.187. The zero-order valence-corrected chi connectivity index (χ0v) is 12.2. The molecule has 2 N–H and O–H groups in total. The van der Waals surface area contributed by atoms with E-state index in [4.69, 9.17) is 5.73 Å². The number of carbonyl (C=O) groups is 1. The van der Waals surface area contributed by atoms with E-state index in [1.807, 2.05) is 47.0 Å². The lowest BCUT2D eigenvalue weighted by Gasteiger charge is -2.33. The second-order valence-electron chi connectivity index (χ2n) is 5.35. The average molecular weight is 289 g/mol. The molecule has 1 aromatic carbocycles. The van der Waals surface area contributed by atoms with Gasteiger partial charge >= 0.3 is 6.03 Å². The maximum Gasteiger partial charge on any atom is 0.346 e. The molecule has 0 saturated carbocycles. The molecule has 0 aliphatic carbocycles. The number of carbonyl (C=O) groups excluding carboxylic acids is 1. The Hall–Kier alpha value is -1.49. The van der Waals surface area contributed by atoms with Crippen LogP contribution in [0.15, 0.2) is 35.3 Å². The summed E-state index contributed by atoms with van der Waals surface area (Å²) in [6.45, 7) is 0.593. The molecule has 1 aromatic rings. The van der Waals surface area contributed by atoms with Gasteiger partial charge in [-0.2, -0.15) is 16.8 Å². The van der Waals surface area contributed by atoms with Crippen LogP contribution >= 0.6 is 11.8 Å². The molecule has 2 aliphatic heterocycles. The van der Waals surface area contributed by atoms with Crippen molar-refractivity contribution in [2.24, 2.45) is 16.6 Å². The number of hydrogen-bond acceptors (Lipinski definition) is 3. The van der Waals surface area contributed by atoms with Gasteiger partial charge in [-0.05, 0) is 35.8 Å². The fraction of sp³-hybridized carbons (Fsp3) is 0.467. The second kappa shape index (κ2) is 5.87. The molecule has 2 atom stereocenters. The van der Waals surface area contributed by atoms with Crippen molar-refractivity contribution in [2.75, 3.05) is 11.5 Å². The van der Waals surface area contributed by atoms with Gasteiger partial charge in [0.1, 0.15) is 5.84 Å². The Morgan fingerprint density at radius 1 is 1.35 bits per heavy atom. The van der Waals surface area contributed by atoms with Crippen LogP contribution in [-0.2, 0) is 6.54 Å². The van der Waals surface area contributed by atoms with Crippen molar-refractivity contribution in [1.82, 2.24) is 4.90 Å². The molecule has 20 heavy (non-hydrogen) atoms. The molecular formula is C15H19N3OS. The molecule has 1 fully saturated rings. The Kier molecular flexibility index (Phi) is 3.96. The van der Waals surface area contributed by atoms with Gasteiger partial charge in [0, 0.05) is 6.54 Å². The van der Waals surface area contributed by atoms with Gasteiger partial charge in [-0.1, -0.05) is 30.3 Å². The number of aliphatic imine (C=N–C) groups is 1. The number of nitrogens with zero attached hydrogens (tertiary/aromatic N) is 2. The highest BCUT2D eigenvalue weighted by molar-refractivity contribution is 7.99. The highest BCUT2D eigenvalue weighted by Crippen LogP contribution is 2.31. The van der Waals surface area contributed by atoms with Crippen molar-refractivity contribution in [3.8, 4) is 0 Å². The molecule has 0 spiro atoms. The molecule has 4 nitrogen and oxygen atoms in total. The smallest absolute Gasteiger partial charge is 0.346 e. The van der Waals surface area contributed by atoms with E-state index < -0.39 is 0 Å². The van der Waals surface area contributed by atoms with Crippen molar-refractivity contribution in [2.45, 2.75) is 25.4 Å². The molecule has 0 bridgehead atoms. The number of benzene rings is 1. The van der Waals surface area contributed by atoms with Crippen LogP contribution in [0.1, 0.15) is 18.4 Å². The topological polar surface area (TPSA) is 58.7 Å². The molecular weight excluding hydrogens is 270 g/mol. The van der Waals surface area contributed by atoms with E-state index in [-0.39, 0.29) is 12.1 Å². The number of rotatable bonds is 3. The van der Waals surface area contributed by atoms with Gasteiger partial charge in [-0.3, -0.25) is 0 Å². The second-order valence-corrected chi connectivity index (χ2v) is 6.50. The molecule has 2 unspecified atom stereocenters. The Balaban J connectivity index is 1.78. The maximum atomic E-state index is 12.1. The molecule has 0 aromatic heterocycles. The summed E-state index contributed by atoms with van der Waals surface area (Å²) in [5.74, 6) is 3.22. The Morgan fingerprint density at radius 2 is 2.15 bits per heavy atom. The van der Waals surface area contributed by atoms with Crippen molar-refractivity contribution < 1.29 is 4.79 Å². The van der Waals surface area contributed by atoms with Crippen molar-refractivity contribution in [3.63, 3.8) is 0 Å². The van der Waals surface area contributed by atoms with E-state index >= 15 is 0 Å². The van der Waals surface area contributed by atoms with Crippen LogP contribution in [0, 0.1) is 5.92 Å². The summed E-state index contributed by atoms with van der Waals surface area (Å²) in [4.78, 5) is 17.9. The first kappa shape index (κ1) is 13.5. The van der Waals surface area contributed by atoms with Gasteiger partial charge < -0.3 is 10.6 Å². The summed E-state index contributed by atoms with van der Waals surface area (Å²) in [5.41, 5.74) is 7.15. The molecule has 2 aliphatic rings. The Bertz CT molecular complexity index is 511. The fourth-order valence-electron chi connectivity index (χ4n) is 2.98. The predicted molar refractivity (Wildman–Crippen MR) is 82.8 cm³/mol. The van der Waals surface area contributed by atoms with E-state index in [2.05, 4.69) is 4.99 Å². The number of nitrogens with two attached hydrogens (primary N) is 1. The van der Waals surface area contributed by atoms with Crippen LogP contribution < -0.4 is 5.73 Å². The average Bonchev–Trinajstić information content (AvgIpc) is 2.75. The van der Waals surface area contributed by atoms with Crippen LogP contribution in [-0.4, -0.2) is 34.3 Å². The molecule has 3 rings (SSSR count). The van der Waals surface area contributed by atoms with Crippen LogP contribution in [0.25, 0.3) is 0 Å². The third-order valence-electron chi connectivity index (χ3n) is 3.95. The zero-order chi connectivity index (χ0) is 13.9. The predicted octanol–water partition coefficient (Wildman–Crippen LogP) is 2.49. The van der Waals surface area contributed by atoms with Gasteiger partial charge in [-0.25, -0.2) is 4.79 Å². The quantitative estimate of drug-likeness (QED) is 0.930. The maximum absolute atomic E-state index is 12.1. The third kappa shape index (κ3) is 2.68. The molecule has 106 valence electrons. The summed E-state index contributed by atoms with van der Waals surface area (Å²) >= 11 is 1.95. The number of urea groups is 1. The van der Waals surface area contributed by atoms with Gasteiger partial charge in [0.15, 0.2) is 0 Å². The van der Waals surface area contributed by atoms with E-state index in [0.29, 0.717) is 18.3 Å². The minimum Gasteiger partial charge on any atom is -0.385 e. The van der Waals surface area contributed by atoms with Gasteiger partial charge in [0.25, 0.3) is 0 Å². The van der Waals surface area contributed by atoms with E-state index in [1.165, 1.54) is 12.2 Å². The van der Waals surface area contributed by atoms with Crippen LogP contribution in [0.2, 0.25) is 0 Å². The SMILES string of the molecule is NC1=NC(=O)N(Cc2ccccc2)C1C1CCCSC1. The summed E-state index contributed by atoms with van der Waals surface area (Å²) in [6, 6.07) is 9.83. The number of amides is 2.